The molecule has 0 N–H and O–H groups in total. The Hall–Kier alpha value is -0.580. The fourth-order valence-corrected chi connectivity index (χ4v) is 2.07. The highest BCUT2D eigenvalue weighted by atomic mass is 79.9. The van der Waals surface area contributed by atoms with Gasteiger partial charge in [-0.05, 0) is 47.5 Å². The summed E-state index contributed by atoms with van der Waals surface area (Å²) in [6.07, 6.45) is 0.686. The van der Waals surface area contributed by atoms with E-state index in [2.05, 4.69) is 15.9 Å². The van der Waals surface area contributed by atoms with Gasteiger partial charge in [0.15, 0.2) is 5.79 Å². The first-order chi connectivity index (χ1) is 8.04. The summed E-state index contributed by atoms with van der Waals surface area (Å²) in [6, 6.07) is 6.00. The summed E-state index contributed by atoms with van der Waals surface area (Å²) in [4.78, 5) is 0. The normalized spacial score (nSPS) is 11.6. The van der Waals surface area contributed by atoms with Crippen molar-refractivity contribution < 1.29 is 14.2 Å². The maximum absolute atomic E-state index is 5.47. The largest absolute Gasteiger partial charge is 0.493 e. The summed E-state index contributed by atoms with van der Waals surface area (Å²) in [5.41, 5.74) is 1.13. The van der Waals surface area contributed by atoms with Gasteiger partial charge in [-0.1, -0.05) is 6.07 Å². The monoisotopic (exact) mass is 302 g/mol. The molecule has 0 aliphatic carbocycles. The van der Waals surface area contributed by atoms with Gasteiger partial charge in [0.1, 0.15) is 5.75 Å². The van der Waals surface area contributed by atoms with Gasteiger partial charge in [0.2, 0.25) is 0 Å². The molecule has 0 heterocycles. The van der Waals surface area contributed by atoms with Gasteiger partial charge in [0, 0.05) is 20.6 Å². The predicted molar refractivity (Wildman–Crippen MR) is 71.4 cm³/mol. The minimum atomic E-state index is -0.591. The van der Waals surface area contributed by atoms with Gasteiger partial charge >= 0.3 is 0 Å². The first-order valence-corrected chi connectivity index (χ1v) is 6.35. The second-order valence-corrected chi connectivity index (χ2v) is 4.77. The Balaban J connectivity index is 2.83. The highest BCUT2D eigenvalue weighted by Gasteiger charge is 2.23. The Morgan fingerprint density at radius 2 is 1.88 bits per heavy atom. The van der Waals surface area contributed by atoms with E-state index in [-0.39, 0.29) is 0 Å². The van der Waals surface area contributed by atoms with E-state index in [1.54, 1.807) is 14.2 Å². The van der Waals surface area contributed by atoms with E-state index in [0.29, 0.717) is 13.0 Å². The highest BCUT2D eigenvalue weighted by Crippen LogP contribution is 2.28. The zero-order valence-electron chi connectivity index (χ0n) is 10.7. The molecule has 4 heteroatoms. The highest BCUT2D eigenvalue weighted by molar-refractivity contribution is 9.10. The molecule has 0 radical (unpaired) electrons. The average molecular weight is 303 g/mol. The van der Waals surface area contributed by atoms with E-state index in [1.165, 1.54) is 0 Å². The average Bonchev–Trinajstić information content (AvgIpc) is 2.33. The van der Waals surface area contributed by atoms with Crippen molar-refractivity contribution in [1.82, 2.24) is 0 Å². The molecule has 1 rings (SSSR count). The van der Waals surface area contributed by atoms with Crippen LogP contribution in [-0.2, 0) is 15.9 Å². The SMILES string of the molecule is CCOc1ccc(CC(C)(OC)OC)cc1Br. The van der Waals surface area contributed by atoms with Crippen LogP contribution in [0.1, 0.15) is 19.4 Å². The molecule has 0 atom stereocenters. The summed E-state index contributed by atoms with van der Waals surface area (Å²) in [5, 5.41) is 0. The van der Waals surface area contributed by atoms with Gasteiger partial charge in [-0.15, -0.1) is 0 Å². The molecule has 17 heavy (non-hydrogen) atoms. The molecule has 0 unspecified atom stereocenters. The third kappa shape index (κ3) is 3.98. The van der Waals surface area contributed by atoms with E-state index < -0.39 is 5.79 Å². The van der Waals surface area contributed by atoms with Gasteiger partial charge in [-0.25, -0.2) is 0 Å². The lowest BCUT2D eigenvalue weighted by Crippen LogP contribution is -2.32. The third-order valence-electron chi connectivity index (χ3n) is 2.68. The summed E-state index contributed by atoms with van der Waals surface area (Å²) >= 11 is 3.49. The van der Waals surface area contributed by atoms with E-state index in [9.17, 15) is 0 Å². The fraction of sp³-hybridized carbons (Fsp3) is 0.538. The van der Waals surface area contributed by atoms with Crippen LogP contribution in [0.2, 0.25) is 0 Å². The van der Waals surface area contributed by atoms with Crippen LogP contribution in [0.25, 0.3) is 0 Å². The van der Waals surface area contributed by atoms with Gasteiger partial charge in [0.05, 0.1) is 11.1 Å². The van der Waals surface area contributed by atoms with Crippen LogP contribution in [0, 0.1) is 0 Å². The van der Waals surface area contributed by atoms with Crippen LogP contribution < -0.4 is 4.74 Å². The number of benzene rings is 1. The lowest BCUT2D eigenvalue weighted by Gasteiger charge is -2.26. The number of halogens is 1. The molecule has 0 amide bonds. The molecule has 1 aromatic rings. The Labute approximate surface area is 111 Å². The summed E-state index contributed by atoms with van der Waals surface area (Å²) < 4.78 is 17.1. The number of methoxy groups -OCH3 is 2. The molecule has 96 valence electrons. The number of hydrogen-bond acceptors (Lipinski definition) is 3. The number of ether oxygens (including phenoxy) is 3. The van der Waals surface area contributed by atoms with E-state index >= 15 is 0 Å². The quantitative estimate of drug-likeness (QED) is 0.754. The topological polar surface area (TPSA) is 27.7 Å². The molecule has 0 aromatic heterocycles. The molecule has 0 aliphatic rings. The van der Waals surface area contributed by atoms with Crippen LogP contribution in [-0.4, -0.2) is 26.6 Å². The van der Waals surface area contributed by atoms with Crippen LogP contribution >= 0.6 is 15.9 Å². The first kappa shape index (κ1) is 14.5. The predicted octanol–water partition coefficient (Wildman–Crippen LogP) is 3.40. The second-order valence-electron chi connectivity index (χ2n) is 3.92. The molecular formula is C13H19BrO3. The summed E-state index contributed by atoms with van der Waals surface area (Å²) in [7, 11) is 3.29. The van der Waals surface area contributed by atoms with Crippen LogP contribution in [0.15, 0.2) is 22.7 Å². The van der Waals surface area contributed by atoms with Crippen molar-refractivity contribution in [2.45, 2.75) is 26.1 Å². The van der Waals surface area contributed by atoms with Crippen LogP contribution in [0.4, 0.5) is 0 Å². The zero-order valence-corrected chi connectivity index (χ0v) is 12.3. The Morgan fingerprint density at radius 1 is 1.24 bits per heavy atom. The molecule has 1 aromatic carbocycles. The molecule has 0 saturated carbocycles. The summed E-state index contributed by atoms with van der Waals surface area (Å²) in [5.74, 6) is 0.264. The third-order valence-corrected chi connectivity index (χ3v) is 3.30. The van der Waals surface area contributed by atoms with Gasteiger partial charge < -0.3 is 14.2 Å². The van der Waals surface area contributed by atoms with E-state index in [0.717, 1.165) is 15.8 Å². The molecule has 0 bridgehead atoms. The molecular weight excluding hydrogens is 284 g/mol. The lowest BCUT2D eigenvalue weighted by atomic mass is 10.1. The minimum absolute atomic E-state index is 0.591. The van der Waals surface area contributed by atoms with Crippen molar-refractivity contribution in [1.29, 1.82) is 0 Å². The molecule has 0 spiro atoms. The van der Waals surface area contributed by atoms with Crippen molar-refractivity contribution >= 4 is 15.9 Å². The zero-order chi connectivity index (χ0) is 12.9. The van der Waals surface area contributed by atoms with Crippen molar-refractivity contribution in [3.05, 3.63) is 28.2 Å². The van der Waals surface area contributed by atoms with Crippen molar-refractivity contribution in [3.8, 4) is 5.75 Å². The lowest BCUT2D eigenvalue weighted by molar-refractivity contribution is -0.191. The van der Waals surface area contributed by atoms with E-state index in [4.69, 9.17) is 14.2 Å². The van der Waals surface area contributed by atoms with Gasteiger partial charge in [-0.2, -0.15) is 0 Å². The number of hydrogen-bond donors (Lipinski definition) is 0. The first-order valence-electron chi connectivity index (χ1n) is 5.56. The van der Waals surface area contributed by atoms with Crippen LogP contribution in [0.5, 0.6) is 5.75 Å². The van der Waals surface area contributed by atoms with Gasteiger partial charge in [-0.3, -0.25) is 0 Å². The number of rotatable bonds is 6. The Bertz CT molecular complexity index is 362. The second kappa shape index (κ2) is 6.38. The molecule has 3 nitrogen and oxygen atoms in total. The standard InChI is InChI=1S/C13H19BrO3/c1-5-17-12-7-6-10(8-11(12)14)9-13(2,15-3)16-4/h6-8H,5,9H2,1-4H3. The Morgan fingerprint density at radius 3 is 2.35 bits per heavy atom. The molecule has 0 fully saturated rings. The Kier molecular flexibility index (Phi) is 5.43. The fourth-order valence-electron chi connectivity index (χ4n) is 1.53. The maximum Gasteiger partial charge on any atom is 0.168 e. The molecule has 0 saturated heterocycles. The maximum atomic E-state index is 5.47. The van der Waals surface area contributed by atoms with Crippen molar-refractivity contribution in [2.24, 2.45) is 0 Å². The smallest absolute Gasteiger partial charge is 0.168 e. The van der Waals surface area contributed by atoms with Gasteiger partial charge in [0.25, 0.3) is 0 Å². The summed E-state index contributed by atoms with van der Waals surface area (Å²) in [6.45, 7) is 4.54. The van der Waals surface area contributed by atoms with Crippen molar-refractivity contribution in [3.63, 3.8) is 0 Å². The van der Waals surface area contributed by atoms with Crippen LogP contribution in [0.3, 0.4) is 0 Å². The van der Waals surface area contributed by atoms with Crippen molar-refractivity contribution in [2.75, 3.05) is 20.8 Å². The van der Waals surface area contributed by atoms with E-state index in [1.807, 2.05) is 32.0 Å². The minimum Gasteiger partial charge on any atom is -0.493 e. The molecule has 0 aliphatic heterocycles.